The molecule has 1 unspecified atom stereocenters. The number of piperidine rings is 1. The van der Waals surface area contributed by atoms with Crippen molar-refractivity contribution in [2.24, 2.45) is 11.7 Å². The third-order valence-corrected chi connectivity index (χ3v) is 5.96. The van der Waals surface area contributed by atoms with Crippen molar-refractivity contribution in [1.29, 1.82) is 0 Å². The molecule has 0 saturated carbocycles. The van der Waals surface area contributed by atoms with Crippen LogP contribution in [0.25, 0.3) is 0 Å². The normalized spacial score (nSPS) is 21.7. The van der Waals surface area contributed by atoms with Gasteiger partial charge in [-0.2, -0.15) is 17.4 Å². The van der Waals surface area contributed by atoms with Crippen molar-refractivity contribution in [3.05, 3.63) is 21.3 Å². The lowest BCUT2D eigenvalue weighted by Gasteiger charge is -2.31. The molecule has 1 aromatic rings. The minimum atomic E-state index is -3.42. The Labute approximate surface area is 122 Å². The molecule has 8 heteroatoms. The van der Waals surface area contributed by atoms with Gasteiger partial charge in [0, 0.05) is 24.5 Å². The molecule has 0 spiro atoms. The Hall–Kier alpha value is -0.180. The first kappa shape index (κ1) is 15.2. The van der Waals surface area contributed by atoms with Gasteiger partial charge < -0.3 is 5.73 Å². The molecular weight excluding hydrogens is 306 g/mol. The van der Waals surface area contributed by atoms with E-state index in [4.69, 9.17) is 17.3 Å². The zero-order valence-corrected chi connectivity index (χ0v) is 12.9. The van der Waals surface area contributed by atoms with Crippen molar-refractivity contribution < 1.29 is 8.42 Å². The maximum atomic E-state index is 12.2. The average Bonchev–Trinajstić information content (AvgIpc) is 2.82. The Kier molecular flexibility index (Phi) is 5.22. The van der Waals surface area contributed by atoms with E-state index in [9.17, 15) is 8.42 Å². The van der Waals surface area contributed by atoms with Gasteiger partial charge in [-0.05, 0) is 37.4 Å². The Bertz CT molecular complexity index is 518. The summed E-state index contributed by atoms with van der Waals surface area (Å²) in [4.78, 5) is 0.904. The third-order valence-electron chi connectivity index (χ3n) is 3.21. The predicted molar refractivity (Wildman–Crippen MR) is 78.4 cm³/mol. The van der Waals surface area contributed by atoms with Gasteiger partial charge in [0.05, 0.1) is 4.34 Å². The summed E-state index contributed by atoms with van der Waals surface area (Å²) in [7, 11) is -3.42. The molecule has 2 heterocycles. The molecule has 2 rings (SSSR count). The monoisotopic (exact) mass is 323 g/mol. The van der Waals surface area contributed by atoms with E-state index in [1.807, 2.05) is 6.07 Å². The minimum Gasteiger partial charge on any atom is -0.330 e. The molecule has 1 atom stereocenters. The van der Waals surface area contributed by atoms with Crippen molar-refractivity contribution in [3.63, 3.8) is 0 Å². The topological polar surface area (TPSA) is 75.4 Å². The predicted octanol–water partition coefficient (Wildman–Crippen LogP) is 1.41. The van der Waals surface area contributed by atoms with Crippen LogP contribution in [0, 0.1) is 5.92 Å². The molecule has 1 saturated heterocycles. The fraction of sp³-hybridized carbons (Fsp3) is 0.636. The summed E-state index contributed by atoms with van der Waals surface area (Å²) >= 11 is 7.19. The van der Waals surface area contributed by atoms with E-state index in [2.05, 4.69) is 4.72 Å². The first-order valence-corrected chi connectivity index (χ1v) is 8.84. The van der Waals surface area contributed by atoms with Crippen molar-refractivity contribution in [1.82, 2.24) is 9.03 Å². The van der Waals surface area contributed by atoms with Gasteiger partial charge in [-0.15, -0.1) is 11.3 Å². The number of rotatable bonds is 5. The highest BCUT2D eigenvalue weighted by atomic mass is 35.5. The lowest BCUT2D eigenvalue weighted by atomic mass is 10.0. The van der Waals surface area contributed by atoms with Gasteiger partial charge in [0.15, 0.2) is 0 Å². The number of hydrogen-bond acceptors (Lipinski definition) is 4. The third kappa shape index (κ3) is 4.14. The quantitative estimate of drug-likeness (QED) is 0.860. The lowest BCUT2D eigenvalue weighted by molar-refractivity contribution is 0.268. The maximum Gasteiger partial charge on any atom is 0.279 e. The zero-order valence-electron chi connectivity index (χ0n) is 10.5. The van der Waals surface area contributed by atoms with Gasteiger partial charge in [-0.3, -0.25) is 0 Å². The standard InChI is InChI=1S/C11H18ClN3O2S2/c12-11-4-3-10(18-11)7-14-19(16,17)15-5-1-2-9(6-13)8-15/h3-4,9,14H,1-2,5-8,13H2. The summed E-state index contributed by atoms with van der Waals surface area (Å²) < 4.78 is 29.1. The molecule has 0 bridgehead atoms. The molecule has 5 nitrogen and oxygen atoms in total. The van der Waals surface area contributed by atoms with Crippen LogP contribution in [0.3, 0.4) is 0 Å². The van der Waals surface area contributed by atoms with Gasteiger partial charge in [-0.25, -0.2) is 0 Å². The van der Waals surface area contributed by atoms with Crippen LogP contribution in [-0.2, 0) is 16.8 Å². The summed E-state index contributed by atoms with van der Waals surface area (Å²) in [6, 6.07) is 3.59. The second kappa shape index (κ2) is 6.51. The van der Waals surface area contributed by atoms with Crippen molar-refractivity contribution in [3.8, 4) is 0 Å². The summed E-state index contributed by atoms with van der Waals surface area (Å²) in [6.07, 6.45) is 1.87. The van der Waals surface area contributed by atoms with E-state index in [0.29, 0.717) is 24.0 Å². The highest BCUT2D eigenvalue weighted by molar-refractivity contribution is 7.87. The van der Waals surface area contributed by atoms with Gasteiger partial charge in [0.25, 0.3) is 10.2 Å². The van der Waals surface area contributed by atoms with Crippen LogP contribution in [-0.4, -0.2) is 32.4 Å². The second-order valence-corrected chi connectivity index (χ2v) is 8.19. The SMILES string of the molecule is NCC1CCCN(S(=O)(=O)NCc2ccc(Cl)s2)C1. The van der Waals surface area contributed by atoms with Crippen LogP contribution in [0.2, 0.25) is 4.34 Å². The molecule has 1 aromatic heterocycles. The molecule has 108 valence electrons. The lowest BCUT2D eigenvalue weighted by Crippen LogP contribution is -2.46. The largest absolute Gasteiger partial charge is 0.330 e. The minimum absolute atomic E-state index is 0.265. The summed E-state index contributed by atoms with van der Waals surface area (Å²) in [5.74, 6) is 0.265. The number of nitrogens with two attached hydrogens (primary N) is 1. The summed E-state index contributed by atoms with van der Waals surface area (Å²) in [5, 5.41) is 0. The first-order chi connectivity index (χ1) is 9.01. The van der Waals surface area contributed by atoms with Crippen molar-refractivity contribution >= 4 is 33.1 Å². The van der Waals surface area contributed by atoms with E-state index in [-0.39, 0.29) is 12.5 Å². The van der Waals surface area contributed by atoms with Crippen LogP contribution < -0.4 is 10.5 Å². The molecule has 0 aromatic carbocycles. The molecular formula is C11H18ClN3O2S2. The van der Waals surface area contributed by atoms with E-state index in [1.54, 1.807) is 6.07 Å². The first-order valence-electron chi connectivity index (χ1n) is 6.20. The maximum absolute atomic E-state index is 12.2. The smallest absolute Gasteiger partial charge is 0.279 e. The molecule has 0 radical (unpaired) electrons. The molecule has 1 fully saturated rings. The van der Waals surface area contributed by atoms with E-state index in [1.165, 1.54) is 15.6 Å². The number of hydrogen-bond donors (Lipinski definition) is 2. The highest BCUT2D eigenvalue weighted by Gasteiger charge is 2.27. The molecule has 1 aliphatic heterocycles. The molecule has 19 heavy (non-hydrogen) atoms. The summed E-state index contributed by atoms with van der Waals surface area (Å²) in [5.41, 5.74) is 5.62. The van der Waals surface area contributed by atoms with Gasteiger partial charge in [-0.1, -0.05) is 11.6 Å². The fourth-order valence-electron chi connectivity index (χ4n) is 2.14. The van der Waals surface area contributed by atoms with Gasteiger partial charge in [0.1, 0.15) is 0 Å². The fourth-order valence-corrected chi connectivity index (χ4v) is 4.55. The van der Waals surface area contributed by atoms with Crippen LogP contribution in [0.15, 0.2) is 12.1 Å². The Morgan fingerprint density at radius 2 is 2.32 bits per heavy atom. The Morgan fingerprint density at radius 3 is 2.95 bits per heavy atom. The van der Waals surface area contributed by atoms with Crippen molar-refractivity contribution in [2.75, 3.05) is 19.6 Å². The molecule has 0 aliphatic carbocycles. The average molecular weight is 324 g/mol. The van der Waals surface area contributed by atoms with E-state index >= 15 is 0 Å². The Morgan fingerprint density at radius 1 is 1.53 bits per heavy atom. The molecule has 1 aliphatic rings. The van der Waals surface area contributed by atoms with Gasteiger partial charge >= 0.3 is 0 Å². The van der Waals surface area contributed by atoms with Crippen molar-refractivity contribution in [2.45, 2.75) is 19.4 Å². The second-order valence-electron chi connectivity index (χ2n) is 4.63. The molecule has 0 amide bonds. The Balaban J connectivity index is 1.94. The zero-order chi connectivity index (χ0) is 13.9. The highest BCUT2D eigenvalue weighted by Crippen LogP contribution is 2.22. The van der Waals surface area contributed by atoms with Crippen LogP contribution >= 0.6 is 22.9 Å². The van der Waals surface area contributed by atoms with Gasteiger partial charge in [0.2, 0.25) is 0 Å². The number of halogens is 1. The van der Waals surface area contributed by atoms with Crippen LogP contribution in [0.4, 0.5) is 0 Å². The van der Waals surface area contributed by atoms with E-state index in [0.717, 1.165) is 17.7 Å². The molecule has 3 N–H and O–H groups in total. The van der Waals surface area contributed by atoms with Crippen LogP contribution in [0.1, 0.15) is 17.7 Å². The van der Waals surface area contributed by atoms with Crippen LogP contribution in [0.5, 0.6) is 0 Å². The summed E-state index contributed by atoms with van der Waals surface area (Å²) in [6.45, 7) is 1.89. The number of thiophene rings is 1. The number of nitrogens with zero attached hydrogens (tertiary/aromatic N) is 1. The van der Waals surface area contributed by atoms with E-state index < -0.39 is 10.2 Å². The number of nitrogens with one attached hydrogen (secondary N) is 1.